The van der Waals surface area contributed by atoms with E-state index in [0.717, 1.165) is 6.42 Å². The van der Waals surface area contributed by atoms with Gasteiger partial charge in [-0.2, -0.15) is 4.84 Å². The van der Waals surface area contributed by atoms with Gasteiger partial charge in [-0.15, -0.1) is 0 Å². The fraction of sp³-hybridized carbons (Fsp3) is 0.400. The standard InChI is InChI=1S/C10H17N5O2/c1-2-7-17-15(16)9-6-4-3-5-8(9)13-10(11,12)14-15/h3-6,13-14H,2,7,11-12H2,1H3. The molecule has 6 N–H and O–H groups in total. The molecule has 1 atom stereocenters. The molecule has 1 heterocycles. The van der Waals surface area contributed by atoms with Crippen LogP contribution < -0.4 is 27.1 Å². The summed E-state index contributed by atoms with van der Waals surface area (Å²) in [4.78, 5) is 4.06. The molecule has 0 bridgehead atoms. The smallest absolute Gasteiger partial charge is 0.244 e. The first-order valence-electron chi connectivity index (χ1n) is 5.46. The lowest BCUT2D eigenvalue weighted by Gasteiger charge is -2.46. The Balaban J connectivity index is 2.38. The summed E-state index contributed by atoms with van der Waals surface area (Å²) >= 11 is 0. The summed E-state index contributed by atoms with van der Waals surface area (Å²) < 4.78 is 0. The SMILES string of the molecule is CCCO[N+]1([O-])NC(N)(N)Nc2ccccc21. The Bertz CT molecular complexity index is 411. The highest BCUT2D eigenvalue weighted by Crippen LogP contribution is 2.34. The quantitative estimate of drug-likeness (QED) is 0.343. The zero-order valence-electron chi connectivity index (χ0n) is 9.64. The van der Waals surface area contributed by atoms with Crippen LogP contribution in [-0.2, 0) is 4.84 Å². The summed E-state index contributed by atoms with van der Waals surface area (Å²) in [5, 5.41) is 15.3. The molecule has 2 rings (SSSR count). The van der Waals surface area contributed by atoms with Crippen molar-refractivity contribution in [1.82, 2.24) is 10.3 Å². The molecule has 0 aliphatic carbocycles. The van der Waals surface area contributed by atoms with Gasteiger partial charge in [0, 0.05) is 6.07 Å². The van der Waals surface area contributed by atoms with E-state index in [2.05, 4.69) is 10.7 Å². The molecule has 1 aliphatic rings. The monoisotopic (exact) mass is 239 g/mol. The minimum absolute atomic E-state index is 0.306. The molecule has 17 heavy (non-hydrogen) atoms. The second kappa shape index (κ2) is 4.22. The number of rotatable bonds is 3. The van der Waals surface area contributed by atoms with Crippen LogP contribution in [0.3, 0.4) is 0 Å². The lowest BCUT2D eigenvalue weighted by Crippen LogP contribution is -2.78. The first kappa shape index (κ1) is 12.2. The van der Waals surface area contributed by atoms with E-state index in [1.165, 1.54) is 0 Å². The highest BCUT2D eigenvalue weighted by atomic mass is 17.0. The second-order valence-corrected chi connectivity index (χ2v) is 4.01. The Morgan fingerprint density at radius 2 is 2.12 bits per heavy atom. The van der Waals surface area contributed by atoms with Gasteiger partial charge in [-0.3, -0.25) is 11.5 Å². The number of nitrogens with two attached hydrogens (primary N) is 2. The highest BCUT2D eigenvalue weighted by molar-refractivity contribution is 5.69. The average Bonchev–Trinajstić information content (AvgIpc) is 2.25. The third kappa shape index (κ3) is 2.39. The van der Waals surface area contributed by atoms with Gasteiger partial charge in [-0.05, 0) is 12.5 Å². The predicted octanol–water partition coefficient (Wildman–Crippen LogP) is 0.292. The van der Waals surface area contributed by atoms with Gasteiger partial charge >= 0.3 is 0 Å². The van der Waals surface area contributed by atoms with Gasteiger partial charge < -0.3 is 10.5 Å². The molecule has 0 amide bonds. The molecule has 1 aromatic carbocycles. The molecule has 0 fully saturated rings. The molecule has 1 aromatic rings. The van der Waals surface area contributed by atoms with Crippen LogP contribution in [0.5, 0.6) is 0 Å². The third-order valence-electron chi connectivity index (χ3n) is 2.37. The van der Waals surface area contributed by atoms with Gasteiger partial charge in [0.15, 0.2) is 0 Å². The fourth-order valence-electron chi connectivity index (χ4n) is 1.71. The lowest BCUT2D eigenvalue weighted by molar-refractivity contribution is -0.165. The molecule has 0 radical (unpaired) electrons. The molecule has 94 valence electrons. The number of quaternary nitrogens is 1. The maximum atomic E-state index is 12.5. The number of nitrogens with one attached hydrogen (secondary N) is 2. The van der Waals surface area contributed by atoms with E-state index in [9.17, 15) is 5.21 Å². The minimum atomic E-state index is -1.51. The van der Waals surface area contributed by atoms with Gasteiger partial charge in [-0.1, -0.05) is 29.4 Å². The van der Waals surface area contributed by atoms with Crippen LogP contribution in [0.2, 0.25) is 0 Å². The van der Waals surface area contributed by atoms with E-state index in [1.807, 2.05) is 6.92 Å². The van der Waals surface area contributed by atoms with E-state index in [1.54, 1.807) is 24.3 Å². The third-order valence-corrected chi connectivity index (χ3v) is 2.37. The number of hydrogen-bond donors (Lipinski definition) is 4. The van der Waals surface area contributed by atoms with Crippen molar-refractivity contribution in [2.24, 2.45) is 11.5 Å². The number of anilines is 1. The molecule has 0 aromatic heterocycles. The molecular weight excluding hydrogens is 222 g/mol. The normalized spacial score (nSPS) is 26.1. The molecule has 1 unspecified atom stereocenters. The van der Waals surface area contributed by atoms with Crippen molar-refractivity contribution in [2.45, 2.75) is 19.3 Å². The van der Waals surface area contributed by atoms with E-state index < -0.39 is 10.8 Å². The number of nitrogens with zero attached hydrogens (tertiary/aromatic N) is 1. The topological polar surface area (TPSA) is 108 Å². The van der Waals surface area contributed by atoms with Crippen molar-refractivity contribution in [1.29, 1.82) is 0 Å². The summed E-state index contributed by atoms with van der Waals surface area (Å²) in [6.07, 6.45) is 0.724. The summed E-state index contributed by atoms with van der Waals surface area (Å²) in [7, 11) is 0. The van der Waals surface area contributed by atoms with E-state index in [4.69, 9.17) is 16.3 Å². The van der Waals surface area contributed by atoms with Crippen LogP contribution in [0, 0.1) is 5.21 Å². The Labute approximate surface area is 99.4 Å². The molecule has 7 heteroatoms. The van der Waals surface area contributed by atoms with E-state index in [0.29, 0.717) is 18.0 Å². The largest absolute Gasteiger partial charge is 0.572 e. The van der Waals surface area contributed by atoms with E-state index in [-0.39, 0.29) is 0 Å². The van der Waals surface area contributed by atoms with Crippen molar-refractivity contribution in [3.63, 3.8) is 0 Å². The van der Waals surface area contributed by atoms with Crippen molar-refractivity contribution in [2.75, 3.05) is 11.9 Å². The van der Waals surface area contributed by atoms with Gasteiger partial charge in [0.05, 0.1) is 0 Å². The summed E-state index contributed by atoms with van der Waals surface area (Å²) in [5.74, 6) is -1.51. The zero-order chi connectivity index (χ0) is 12.5. The zero-order valence-corrected chi connectivity index (χ0v) is 9.64. The number of fused-ring (bicyclic) bond motifs is 1. The maximum absolute atomic E-state index is 12.5. The Morgan fingerprint density at radius 1 is 1.41 bits per heavy atom. The molecule has 0 saturated heterocycles. The molecule has 1 aliphatic heterocycles. The van der Waals surface area contributed by atoms with Gasteiger partial charge in [0.25, 0.3) is 0 Å². The van der Waals surface area contributed by atoms with Gasteiger partial charge in [-0.25, -0.2) is 0 Å². The van der Waals surface area contributed by atoms with Crippen molar-refractivity contribution < 1.29 is 4.84 Å². The molecule has 0 saturated carbocycles. The molecule has 0 spiro atoms. The summed E-state index contributed by atoms with van der Waals surface area (Å²) in [6, 6.07) is 6.93. The Morgan fingerprint density at radius 3 is 2.82 bits per heavy atom. The molecular formula is C10H17N5O2. The Hall–Kier alpha value is -1.22. The number of hydrogen-bond acceptors (Lipinski definition) is 6. The van der Waals surface area contributed by atoms with Crippen LogP contribution in [0.1, 0.15) is 13.3 Å². The Kier molecular flexibility index (Phi) is 3.04. The van der Waals surface area contributed by atoms with Gasteiger partial charge in [0.1, 0.15) is 12.3 Å². The van der Waals surface area contributed by atoms with Crippen molar-refractivity contribution in [3.05, 3.63) is 29.5 Å². The number of para-hydroxylation sites is 2. The predicted molar refractivity (Wildman–Crippen MR) is 65.7 cm³/mol. The number of benzene rings is 1. The lowest BCUT2D eigenvalue weighted by atomic mass is 10.2. The highest BCUT2D eigenvalue weighted by Gasteiger charge is 2.40. The molecule has 7 nitrogen and oxygen atoms in total. The van der Waals surface area contributed by atoms with Crippen LogP contribution in [-0.4, -0.2) is 12.5 Å². The van der Waals surface area contributed by atoms with Gasteiger partial charge in [0.2, 0.25) is 11.6 Å². The fourth-order valence-corrected chi connectivity index (χ4v) is 1.71. The maximum Gasteiger partial charge on any atom is 0.244 e. The van der Waals surface area contributed by atoms with Crippen LogP contribution in [0.15, 0.2) is 24.3 Å². The first-order valence-corrected chi connectivity index (χ1v) is 5.46. The van der Waals surface area contributed by atoms with E-state index >= 15 is 0 Å². The summed E-state index contributed by atoms with van der Waals surface area (Å²) in [6.45, 7) is 2.22. The van der Waals surface area contributed by atoms with Crippen LogP contribution >= 0.6 is 0 Å². The van der Waals surface area contributed by atoms with Crippen LogP contribution in [0.25, 0.3) is 0 Å². The second-order valence-electron chi connectivity index (χ2n) is 4.01. The first-order chi connectivity index (χ1) is 7.97. The van der Waals surface area contributed by atoms with Crippen LogP contribution in [0.4, 0.5) is 11.4 Å². The van der Waals surface area contributed by atoms with Crippen molar-refractivity contribution >= 4 is 11.4 Å². The minimum Gasteiger partial charge on any atom is -0.572 e. The summed E-state index contributed by atoms with van der Waals surface area (Å²) in [5.41, 5.74) is 14.8. The average molecular weight is 239 g/mol. The van der Waals surface area contributed by atoms with Crippen molar-refractivity contribution in [3.8, 4) is 0 Å².